The maximum absolute atomic E-state index is 13.5. The van der Waals surface area contributed by atoms with Crippen molar-refractivity contribution >= 4 is 6.02 Å². The second-order valence-electron chi connectivity index (χ2n) is 7.58. The average Bonchev–Trinajstić information content (AvgIpc) is 3.39. The first-order valence-electron chi connectivity index (χ1n) is 9.84. The van der Waals surface area contributed by atoms with E-state index in [1.165, 1.54) is 29.7 Å². The van der Waals surface area contributed by atoms with Crippen LogP contribution in [-0.2, 0) is 11.2 Å². The first-order valence-corrected chi connectivity index (χ1v) is 9.84. The van der Waals surface area contributed by atoms with Gasteiger partial charge in [0.1, 0.15) is 11.9 Å². The maximum Gasteiger partial charge on any atom is 0.288 e. The number of nitrogens with one attached hydrogen (secondary N) is 1. The molecule has 140 valence electrons. The second-order valence-corrected chi connectivity index (χ2v) is 7.58. The lowest BCUT2D eigenvalue weighted by Crippen LogP contribution is -2.43. The predicted octanol–water partition coefficient (Wildman–Crippen LogP) is 3.28. The number of nitrogens with zero attached hydrogens (tertiary/aromatic N) is 2. The average molecular weight is 365 g/mol. The van der Waals surface area contributed by atoms with Crippen LogP contribution in [0.4, 0.5) is 4.39 Å². The summed E-state index contributed by atoms with van der Waals surface area (Å²) >= 11 is 0. The maximum atomic E-state index is 13.5. The van der Waals surface area contributed by atoms with Crippen LogP contribution in [0.2, 0.25) is 0 Å². The van der Waals surface area contributed by atoms with Crippen molar-refractivity contribution in [3.63, 3.8) is 0 Å². The van der Waals surface area contributed by atoms with Crippen LogP contribution in [0.15, 0.2) is 53.5 Å². The Morgan fingerprint density at radius 3 is 2.78 bits per heavy atom. The lowest BCUT2D eigenvalue weighted by Gasteiger charge is -2.38. The molecule has 1 saturated heterocycles. The van der Waals surface area contributed by atoms with Gasteiger partial charge in [-0.2, -0.15) is 0 Å². The highest BCUT2D eigenvalue weighted by Crippen LogP contribution is 2.36. The van der Waals surface area contributed by atoms with Gasteiger partial charge in [-0.15, -0.1) is 0 Å². The van der Waals surface area contributed by atoms with E-state index in [0.717, 1.165) is 37.5 Å². The summed E-state index contributed by atoms with van der Waals surface area (Å²) in [6, 6.07) is 16.5. The van der Waals surface area contributed by atoms with E-state index in [1.807, 2.05) is 12.1 Å². The molecule has 0 aliphatic carbocycles. The van der Waals surface area contributed by atoms with Crippen LogP contribution in [-0.4, -0.2) is 42.7 Å². The minimum atomic E-state index is -0.212. The summed E-state index contributed by atoms with van der Waals surface area (Å²) in [4.78, 5) is 7.01. The standard InChI is InChI=1S/C22H24FN3O/c23-17-9-7-16(8-10-17)21-18-5-2-1-4-15(18)11-13-26(21)22-25-14-20(27-22)19-6-3-12-24-19/h1-2,4-5,7-10,19-21,24H,3,6,11-14H2/t19-,20+,21-/m0/s1. The molecule has 0 saturated carbocycles. The number of fused-ring (bicyclic) bond motifs is 1. The third-order valence-corrected chi connectivity index (χ3v) is 5.93. The Balaban J connectivity index is 1.47. The summed E-state index contributed by atoms with van der Waals surface area (Å²) in [5, 5.41) is 3.53. The summed E-state index contributed by atoms with van der Waals surface area (Å²) in [7, 11) is 0. The van der Waals surface area contributed by atoms with E-state index < -0.39 is 0 Å². The fraction of sp³-hybridized carbons (Fsp3) is 0.409. The van der Waals surface area contributed by atoms with Crippen molar-refractivity contribution in [1.82, 2.24) is 10.2 Å². The molecule has 0 spiro atoms. The molecule has 2 aromatic carbocycles. The Labute approximate surface area is 159 Å². The number of benzene rings is 2. The highest BCUT2D eigenvalue weighted by molar-refractivity contribution is 5.77. The summed E-state index contributed by atoms with van der Waals surface area (Å²) in [5.41, 5.74) is 3.66. The summed E-state index contributed by atoms with van der Waals surface area (Å²) in [5.74, 6) is -0.212. The fourth-order valence-electron chi connectivity index (χ4n) is 4.55. The van der Waals surface area contributed by atoms with Gasteiger partial charge in [-0.05, 0) is 54.6 Å². The zero-order valence-corrected chi connectivity index (χ0v) is 15.3. The Hall–Kier alpha value is -2.40. The van der Waals surface area contributed by atoms with E-state index in [1.54, 1.807) is 0 Å². The van der Waals surface area contributed by atoms with E-state index in [0.29, 0.717) is 12.6 Å². The zero-order chi connectivity index (χ0) is 18.2. The number of amidine groups is 1. The highest BCUT2D eigenvalue weighted by Gasteiger charge is 2.37. The molecule has 3 heterocycles. The van der Waals surface area contributed by atoms with Crippen LogP contribution >= 0.6 is 0 Å². The smallest absolute Gasteiger partial charge is 0.288 e. The summed E-state index contributed by atoms with van der Waals surface area (Å²) < 4.78 is 19.8. The lowest BCUT2D eigenvalue weighted by molar-refractivity contribution is 0.140. The van der Waals surface area contributed by atoms with E-state index in [9.17, 15) is 4.39 Å². The minimum Gasteiger partial charge on any atom is -0.458 e. The fourth-order valence-corrected chi connectivity index (χ4v) is 4.55. The van der Waals surface area contributed by atoms with E-state index in [2.05, 4.69) is 34.5 Å². The van der Waals surface area contributed by atoms with Gasteiger partial charge in [-0.25, -0.2) is 9.38 Å². The van der Waals surface area contributed by atoms with Crippen LogP contribution < -0.4 is 5.32 Å². The van der Waals surface area contributed by atoms with Crippen LogP contribution in [0.25, 0.3) is 0 Å². The van der Waals surface area contributed by atoms with Crippen molar-refractivity contribution in [2.24, 2.45) is 4.99 Å². The molecule has 1 fully saturated rings. The van der Waals surface area contributed by atoms with Crippen molar-refractivity contribution in [3.8, 4) is 0 Å². The monoisotopic (exact) mass is 365 g/mol. The van der Waals surface area contributed by atoms with Gasteiger partial charge in [0.15, 0.2) is 0 Å². The molecule has 0 bridgehead atoms. The van der Waals surface area contributed by atoms with E-state index >= 15 is 0 Å². The molecule has 2 aromatic rings. The number of aliphatic imine (C=N–C) groups is 1. The highest BCUT2D eigenvalue weighted by atomic mass is 19.1. The van der Waals surface area contributed by atoms with Crippen LogP contribution in [0.3, 0.4) is 0 Å². The number of halogens is 1. The normalized spacial score (nSPS) is 27.2. The molecule has 5 rings (SSSR count). The van der Waals surface area contributed by atoms with Gasteiger partial charge in [0, 0.05) is 12.6 Å². The Morgan fingerprint density at radius 1 is 1.11 bits per heavy atom. The molecule has 1 N–H and O–H groups in total. The van der Waals surface area contributed by atoms with Gasteiger partial charge in [0.05, 0.1) is 12.6 Å². The van der Waals surface area contributed by atoms with Crippen molar-refractivity contribution in [3.05, 3.63) is 71.0 Å². The quantitative estimate of drug-likeness (QED) is 0.887. The van der Waals surface area contributed by atoms with E-state index in [4.69, 9.17) is 9.73 Å². The molecule has 3 aliphatic heterocycles. The SMILES string of the molecule is Fc1ccc([C@H]2c3ccccc3CCN2C2=NC[C@H]([C@@H]3CCCN3)O2)cc1. The largest absolute Gasteiger partial charge is 0.458 e. The van der Waals surface area contributed by atoms with Crippen molar-refractivity contribution < 1.29 is 9.13 Å². The van der Waals surface area contributed by atoms with Gasteiger partial charge in [-0.3, -0.25) is 0 Å². The zero-order valence-electron chi connectivity index (χ0n) is 15.3. The van der Waals surface area contributed by atoms with Gasteiger partial charge >= 0.3 is 0 Å². The Bertz CT molecular complexity index is 845. The Morgan fingerprint density at radius 2 is 1.96 bits per heavy atom. The van der Waals surface area contributed by atoms with Crippen LogP contribution in [0.5, 0.6) is 0 Å². The van der Waals surface area contributed by atoms with Gasteiger partial charge in [-0.1, -0.05) is 36.4 Å². The van der Waals surface area contributed by atoms with Crippen molar-refractivity contribution in [2.45, 2.75) is 37.5 Å². The third-order valence-electron chi connectivity index (χ3n) is 5.93. The lowest BCUT2D eigenvalue weighted by atomic mass is 9.88. The molecule has 27 heavy (non-hydrogen) atoms. The van der Waals surface area contributed by atoms with E-state index in [-0.39, 0.29) is 18.0 Å². The number of ether oxygens (including phenoxy) is 1. The van der Waals surface area contributed by atoms with Gasteiger partial charge < -0.3 is 15.0 Å². The third kappa shape index (κ3) is 3.10. The molecular weight excluding hydrogens is 341 g/mol. The molecule has 5 heteroatoms. The molecule has 4 nitrogen and oxygen atoms in total. The van der Waals surface area contributed by atoms with Crippen LogP contribution in [0, 0.1) is 5.82 Å². The topological polar surface area (TPSA) is 36.9 Å². The number of rotatable bonds is 2. The first kappa shape index (κ1) is 16.8. The van der Waals surface area contributed by atoms with Crippen LogP contribution in [0.1, 0.15) is 35.6 Å². The van der Waals surface area contributed by atoms with Crippen molar-refractivity contribution in [1.29, 1.82) is 0 Å². The predicted molar refractivity (Wildman–Crippen MR) is 103 cm³/mol. The molecule has 3 aliphatic rings. The number of hydrogen-bond acceptors (Lipinski definition) is 4. The minimum absolute atomic E-state index is 0.00425. The Kier molecular flexibility index (Phi) is 4.32. The molecule has 0 radical (unpaired) electrons. The summed E-state index contributed by atoms with van der Waals surface area (Å²) in [6.45, 7) is 2.62. The second kappa shape index (κ2) is 6.97. The van der Waals surface area contributed by atoms with Gasteiger partial charge in [0.25, 0.3) is 6.02 Å². The van der Waals surface area contributed by atoms with Gasteiger partial charge in [0.2, 0.25) is 0 Å². The van der Waals surface area contributed by atoms with Crippen molar-refractivity contribution in [2.75, 3.05) is 19.6 Å². The molecule has 0 unspecified atom stereocenters. The summed E-state index contributed by atoms with van der Waals surface area (Å²) in [6.07, 6.45) is 3.43. The molecule has 0 aromatic heterocycles. The molecular formula is C22H24FN3O. The first-order chi connectivity index (χ1) is 13.3. The number of hydrogen-bond donors (Lipinski definition) is 1. The molecule has 3 atom stereocenters. The molecule has 0 amide bonds.